The van der Waals surface area contributed by atoms with Crippen LogP contribution in [-0.4, -0.2) is 40.1 Å². The average molecular weight is 411 g/mol. The third-order valence-electron chi connectivity index (χ3n) is 4.13. The molecule has 0 aliphatic heterocycles. The van der Waals surface area contributed by atoms with E-state index in [1.54, 1.807) is 25.4 Å². The Balaban J connectivity index is 1.70. The average Bonchev–Trinajstić information content (AvgIpc) is 3.20. The van der Waals surface area contributed by atoms with E-state index in [1.165, 1.54) is 17.5 Å². The molecule has 2 aromatic heterocycles. The van der Waals surface area contributed by atoms with Gasteiger partial charge in [0.25, 0.3) is 5.91 Å². The SMILES string of the molecule is COc1cccc(-c2nnc(NC(=O)C(NC(=O)c3cccnc3)C(C)C)s2)c1. The Morgan fingerprint density at radius 1 is 1.14 bits per heavy atom. The van der Waals surface area contributed by atoms with E-state index >= 15 is 0 Å². The van der Waals surface area contributed by atoms with E-state index in [0.29, 0.717) is 21.5 Å². The molecule has 0 saturated carbocycles. The van der Waals surface area contributed by atoms with Crippen molar-refractivity contribution in [2.24, 2.45) is 5.92 Å². The fraction of sp³-hybridized carbons (Fsp3) is 0.250. The van der Waals surface area contributed by atoms with Gasteiger partial charge >= 0.3 is 0 Å². The van der Waals surface area contributed by atoms with Crippen molar-refractivity contribution >= 4 is 28.3 Å². The molecular weight excluding hydrogens is 390 g/mol. The van der Waals surface area contributed by atoms with E-state index in [0.717, 1.165) is 5.56 Å². The molecule has 3 aromatic rings. The number of aromatic nitrogens is 3. The number of rotatable bonds is 7. The summed E-state index contributed by atoms with van der Waals surface area (Å²) in [4.78, 5) is 29.1. The van der Waals surface area contributed by atoms with Crippen LogP contribution in [0.2, 0.25) is 0 Å². The minimum Gasteiger partial charge on any atom is -0.497 e. The fourth-order valence-electron chi connectivity index (χ4n) is 2.59. The van der Waals surface area contributed by atoms with Gasteiger partial charge in [0.1, 0.15) is 16.8 Å². The monoisotopic (exact) mass is 411 g/mol. The fourth-order valence-corrected chi connectivity index (χ4v) is 3.33. The first-order valence-corrected chi connectivity index (χ1v) is 9.79. The van der Waals surface area contributed by atoms with Gasteiger partial charge in [0.15, 0.2) is 0 Å². The van der Waals surface area contributed by atoms with Crippen LogP contribution in [-0.2, 0) is 4.79 Å². The molecule has 0 spiro atoms. The van der Waals surface area contributed by atoms with Crippen molar-refractivity contribution in [1.82, 2.24) is 20.5 Å². The summed E-state index contributed by atoms with van der Waals surface area (Å²) in [7, 11) is 1.59. The summed E-state index contributed by atoms with van der Waals surface area (Å²) in [5, 5.41) is 14.7. The standard InChI is InChI=1S/C20H21N5O3S/c1-12(2)16(22-17(26)14-7-5-9-21-11-14)18(27)23-20-25-24-19(29-20)13-6-4-8-15(10-13)28-3/h4-12,16H,1-3H3,(H,22,26)(H,23,25,27). The molecule has 1 unspecified atom stereocenters. The maximum atomic E-state index is 12.7. The van der Waals surface area contributed by atoms with E-state index in [4.69, 9.17) is 4.74 Å². The minimum absolute atomic E-state index is 0.124. The lowest BCUT2D eigenvalue weighted by Gasteiger charge is -2.20. The van der Waals surface area contributed by atoms with Crippen molar-refractivity contribution in [2.75, 3.05) is 12.4 Å². The van der Waals surface area contributed by atoms with Gasteiger partial charge in [-0.3, -0.25) is 19.9 Å². The lowest BCUT2D eigenvalue weighted by molar-refractivity contribution is -0.118. The Labute approximate surface area is 172 Å². The van der Waals surface area contributed by atoms with Crippen LogP contribution in [0.25, 0.3) is 10.6 Å². The number of anilines is 1. The molecule has 2 N–H and O–H groups in total. The smallest absolute Gasteiger partial charge is 0.253 e. The Morgan fingerprint density at radius 2 is 1.97 bits per heavy atom. The van der Waals surface area contributed by atoms with Gasteiger partial charge in [0.2, 0.25) is 11.0 Å². The Hall–Kier alpha value is -3.33. The highest BCUT2D eigenvalue weighted by molar-refractivity contribution is 7.18. The van der Waals surface area contributed by atoms with Gasteiger partial charge in [0.05, 0.1) is 12.7 Å². The van der Waals surface area contributed by atoms with Gasteiger partial charge in [-0.15, -0.1) is 10.2 Å². The minimum atomic E-state index is -0.730. The first-order chi connectivity index (χ1) is 14.0. The van der Waals surface area contributed by atoms with E-state index < -0.39 is 6.04 Å². The molecule has 3 rings (SSSR count). The van der Waals surface area contributed by atoms with Gasteiger partial charge < -0.3 is 10.1 Å². The van der Waals surface area contributed by atoms with Crippen LogP contribution in [0.1, 0.15) is 24.2 Å². The predicted octanol–water partition coefficient (Wildman–Crippen LogP) is 3.00. The summed E-state index contributed by atoms with van der Waals surface area (Å²) in [6, 6.07) is 10.0. The molecule has 1 atom stereocenters. The third kappa shape index (κ3) is 5.14. The second-order valence-corrected chi connectivity index (χ2v) is 7.55. The van der Waals surface area contributed by atoms with Gasteiger partial charge in [0, 0.05) is 18.0 Å². The molecule has 0 bridgehead atoms. The Morgan fingerprint density at radius 3 is 2.66 bits per heavy atom. The van der Waals surface area contributed by atoms with E-state index in [1.807, 2.05) is 38.1 Å². The molecule has 8 nitrogen and oxygen atoms in total. The van der Waals surface area contributed by atoms with Crippen molar-refractivity contribution in [3.8, 4) is 16.3 Å². The maximum absolute atomic E-state index is 12.7. The quantitative estimate of drug-likeness (QED) is 0.619. The van der Waals surface area contributed by atoms with Crippen molar-refractivity contribution < 1.29 is 14.3 Å². The largest absolute Gasteiger partial charge is 0.497 e. The maximum Gasteiger partial charge on any atom is 0.253 e. The number of hydrogen-bond donors (Lipinski definition) is 2. The Bertz CT molecular complexity index is 991. The van der Waals surface area contributed by atoms with E-state index in [-0.39, 0.29) is 17.7 Å². The molecular formula is C20H21N5O3S. The van der Waals surface area contributed by atoms with Gasteiger partial charge in [-0.25, -0.2) is 0 Å². The normalized spacial score (nSPS) is 11.7. The molecule has 9 heteroatoms. The zero-order chi connectivity index (χ0) is 20.8. The highest BCUT2D eigenvalue weighted by Gasteiger charge is 2.26. The number of hydrogen-bond acceptors (Lipinski definition) is 7. The number of methoxy groups -OCH3 is 1. The number of amides is 2. The number of nitrogens with one attached hydrogen (secondary N) is 2. The van der Waals surface area contributed by atoms with Crippen LogP contribution in [0.3, 0.4) is 0 Å². The number of ether oxygens (including phenoxy) is 1. The molecule has 0 radical (unpaired) electrons. The van der Waals surface area contributed by atoms with Crippen LogP contribution < -0.4 is 15.4 Å². The van der Waals surface area contributed by atoms with Gasteiger partial charge in [-0.1, -0.05) is 37.3 Å². The molecule has 0 saturated heterocycles. The number of carbonyl (C=O) groups is 2. The first kappa shape index (κ1) is 20.4. The van der Waals surface area contributed by atoms with Crippen LogP contribution in [0, 0.1) is 5.92 Å². The summed E-state index contributed by atoms with van der Waals surface area (Å²) < 4.78 is 5.22. The van der Waals surface area contributed by atoms with Gasteiger partial charge in [-0.05, 0) is 30.2 Å². The lowest BCUT2D eigenvalue weighted by atomic mass is 10.0. The Kier molecular flexibility index (Phi) is 6.50. The number of carbonyl (C=O) groups excluding carboxylic acids is 2. The van der Waals surface area contributed by atoms with Crippen LogP contribution in [0.15, 0.2) is 48.8 Å². The van der Waals surface area contributed by atoms with Gasteiger partial charge in [-0.2, -0.15) is 0 Å². The van der Waals surface area contributed by atoms with Crippen LogP contribution in [0.4, 0.5) is 5.13 Å². The molecule has 2 amide bonds. The summed E-state index contributed by atoms with van der Waals surface area (Å²) in [5.74, 6) is -0.130. The zero-order valence-electron chi connectivity index (χ0n) is 16.2. The first-order valence-electron chi connectivity index (χ1n) is 8.97. The van der Waals surface area contributed by atoms with Crippen molar-refractivity contribution in [3.05, 3.63) is 54.4 Å². The van der Waals surface area contributed by atoms with Crippen molar-refractivity contribution in [2.45, 2.75) is 19.9 Å². The molecule has 1 aromatic carbocycles. The molecule has 0 fully saturated rings. The van der Waals surface area contributed by atoms with E-state index in [2.05, 4.69) is 25.8 Å². The molecule has 0 aliphatic rings. The lowest BCUT2D eigenvalue weighted by Crippen LogP contribution is -2.47. The summed E-state index contributed by atoms with van der Waals surface area (Å²) in [5.41, 5.74) is 1.23. The van der Waals surface area contributed by atoms with Crippen molar-refractivity contribution in [3.63, 3.8) is 0 Å². The third-order valence-corrected chi connectivity index (χ3v) is 5.02. The molecule has 29 heavy (non-hydrogen) atoms. The second-order valence-electron chi connectivity index (χ2n) is 6.57. The zero-order valence-corrected chi connectivity index (χ0v) is 17.1. The number of pyridine rings is 1. The number of benzene rings is 1. The highest BCUT2D eigenvalue weighted by Crippen LogP contribution is 2.28. The van der Waals surface area contributed by atoms with Crippen LogP contribution in [0.5, 0.6) is 5.75 Å². The second kappa shape index (κ2) is 9.24. The van der Waals surface area contributed by atoms with Crippen LogP contribution >= 0.6 is 11.3 Å². The van der Waals surface area contributed by atoms with Crippen molar-refractivity contribution in [1.29, 1.82) is 0 Å². The predicted molar refractivity (Wildman–Crippen MR) is 111 cm³/mol. The summed E-state index contributed by atoms with van der Waals surface area (Å²) >= 11 is 1.25. The number of nitrogens with zero attached hydrogens (tertiary/aromatic N) is 3. The van der Waals surface area contributed by atoms with E-state index in [9.17, 15) is 9.59 Å². The highest BCUT2D eigenvalue weighted by atomic mass is 32.1. The molecule has 0 aliphatic carbocycles. The summed E-state index contributed by atoms with van der Waals surface area (Å²) in [6.45, 7) is 3.71. The molecule has 2 heterocycles. The topological polar surface area (TPSA) is 106 Å². The molecule has 150 valence electrons. The summed E-state index contributed by atoms with van der Waals surface area (Å²) in [6.07, 6.45) is 3.04.